The lowest BCUT2D eigenvalue weighted by Crippen LogP contribution is -2.51. The molecule has 0 unspecified atom stereocenters. The van der Waals surface area contributed by atoms with Crippen molar-refractivity contribution in [1.29, 1.82) is 0 Å². The maximum atomic E-state index is 12.5. The van der Waals surface area contributed by atoms with Gasteiger partial charge in [0.15, 0.2) is 0 Å². The molecule has 0 fully saturated rings. The van der Waals surface area contributed by atoms with Gasteiger partial charge in [0.05, 0.1) is 12.2 Å². The van der Waals surface area contributed by atoms with Crippen molar-refractivity contribution in [2.45, 2.75) is 91.9 Å². The van der Waals surface area contributed by atoms with E-state index in [4.69, 9.17) is 9.47 Å². The predicted octanol–water partition coefficient (Wildman–Crippen LogP) is 3.31. The van der Waals surface area contributed by atoms with Gasteiger partial charge in [0.2, 0.25) is 11.8 Å². The molecule has 0 bridgehead atoms. The summed E-state index contributed by atoms with van der Waals surface area (Å²) in [6.45, 7) is 15.9. The van der Waals surface area contributed by atoms with Crippen LogP contribution in [-0.4, -0.2) is 54.8 Å². The molecule has 0 rings (SSSR count). The Labute approximate surface area is 187 Å². The van der Waals surface area contributed by atoms with Gasteiger partial charge in [-0.25, -0.2) is 4.79 Å². The molecule has 0 saturated heterocycles. The topological polar surface area (TPSA) is 106 Å². The van der Waals surface area contributed by atoms with Crippen molar-refractivity contribution in [3.8, 4) is 0 Å². The van der Waals surface area contributed by atoms with E-state index in [2.05, 4.69) is 16.0 Å². The average molecular weight is 442 g/mol. The number of carbonyl (C=O) groups excluding carboxylic acids is 3. The SMILES string of the molecule is CC[C@H](C)C(=O)NCC/C=C\CCNC(=O)[C@H](COC(C)(C)C)NC(=O)OC(C)(C)C. The molecule has 0 aromatic rings. The number of hydrogen-bond donors (Lipinski definition) is 3. The Morgan fingerprint density at radius 3 is 1.84 bits per heavy atom. The molecular formula is C23H43N3O5. The van der Waals surface area contributed by atoms with Gasteiger partial charge in [-0.05, 0) is 60.8 Å². The molecule has 3 amide bonds. The van der Waals surface area contributed by atoms with E-state index < -0.39 is 23.3 Å². The Balaban J connectivity index is 4.42. The van der Waals surface area contributed by atoms with Crippen LogP contribution in [-0.2, 0) is 19.1 Å². The summed E-state index contributed by atoms with van der Waals surface area (Å²) in [5.41, 5.74) is -1.10. The van der Waals surface area contributed by atoms with E-state index >= 15 is 0 Å². The smallest absolute Gasteiger partial charge is 0.408 e. The van der Waals surface area contributed by atoms with Gasteiger partial charge in [0.25, 0.3) is 0 Å². The van der Waals surface area contributed by atoms with Gasteiger partial charge >= 0.3 is 6.09 Å². The molecule has 31 heavy (non-hydrogen) atoms. The van der Waals surface area contributed by atoms with Gasteiger partial charge in [-0.2, -0.15) is 0 Å². The summed E-state index contributed by atoms with van der Waals surface area (Å²) >= 11 is 0. The second-order valence-corrected chi connectivity index (χ2v) is 9.56. The molecule has 0 aliphatic carbocycles. The van der Waals surface area contributed by atoms with E-state index in [0.29, 0.717) is 19.5 Å². The molecular weight excluding hydrogens is 398 g/mol. The summed E-state index contributed by atoms with van der Waals surface area (Å²) in [5, 5.41) is 8.28. The van der Waals surface area contributed by atoms with Crippen molar-refractivity contribution in [3.05, 3.63) is 12.2 Å². The quantitative estimate of drug-likeness (QED) is 0.318. The number of rotatable bonds is 12. The molecule has 0 saturated carbocycles. The summed E-state index contributed by atoms with van der Waals surface area (Å²) < 4.78 is 10.9. The van der Waals surface area contributed by atoms with Crippen LogP contribution >= 0.6 is 0 Å². The summed E-state index contributed by atoms with van der Waals surface area (Å²) in [7, 11) is 0. The van der Waals surface area contributed by atoms with E-state index in [1.807, 2.05) is 46.8 Å². The minimum Gasteiger partial charge on any atom is -0.444 e. The van der Waals surface area contributed by atoms with Crippen LogP contribution in [0.2, 0.25) is 0 Å². The zero-order valence-electron chi connectivity index (χ0n) is 20.6. The Morgan fingerprint density at radius 1 is 0.871 bits per heavy atom. The summed E-state index contributed by atoms with van der Waals surface area (Å²) in [6.07, 6.45) is 5.47. The van der Waals surface area contributed by atoms with Gasteiger partial charge in [-0.1, -0.05) is 26.0 Å². The number of carbonyl (C=O) groups is 3. The summed E-state index contributed by atoms with van der Waals surface area (Å²) in [5.74, 6) is -0.225. The van der Waals surface area contributed by atoms with Crippen LogP contribution in [0.25, 0.3) is 0 Å². The number of nitrogens with one attached hydrogen (secondary N) is 3. The first kappa shape index (κ1) is 28.9. The second kappa shape index (κ2) is 14.1. The van der Waals surface area contributed by atoms with E-state index in [0.717, 1.165) is 12.8 Å². The molecule has 0 spiro atoms. The van der Waals surface area contributed by atoms with E-state index in [1.165, 1.54) is 0 Å². The van der Waals surface area contributed by atoms with Crippen LogP contribution in [0, 0.1) is 5.92 Å². The Morgan fingerprint density at radius 2 is 1.39 bits per heavy atom. The maximum Gasteiger partial charge on any atom is 0.408 e. The molecule has 0 heterocycles. The maximum absolute atomic E-state index is 12.5. The standard InChI is InChI=1S/C23H43N3O5/c1-9-17(2)19(27)24-14-12-10-11-13-15-25-20(28)18(16-30-22(3,4)5)26-21(29)31-23(6,7)8/h10-11,17-18H,9,12-16H2,1-8H3,(H,24,27)(H,25,28)(H,26,29)/b11-10-/t17-,18-/m0/s1. The summed E-state index contributed by atoms with van der Waals surface area (Å²) in [6, 6.07) is -0.853. The van der Waals surface area contributed by atoms with Crippen molar-refractivity contribution in [1.82, 2.24) is 16.0 Å². The highest BCUT2D eigenvalue weighted by Crippen LogP contribution is 2.09. The minimum absolute atomic E-state index is 0.0312. The number of ether oxygens (including phenoxy) is 2. The highest BCUT2D eigenvalue weighted by Gasteiger charge is 2.26. The fourth-order valence-electron chi connectivity index (χ4n) is 2.24. The monoisotopic (exact) mass is 441 g/mol. The van der Waals surface area contributed by atoms with Crippen LogP contribution in [0.15, 0.2) is 12.2 Å². The largest absolute Gasteiger partial charge is 0.444 e. The lowest BCUT2D eigenvalue weighted by molar-refractivity contribution is -0.126. The molecule has 2 atom stereocenters. The van der Waals surface area contributed by atoms with Gasteiger partial charge in [-0.15, -0.1) is 0 Å². The molecule has 0 aliphatic rings. The molecule has 0 aromatic heterocycles. The van der Waals surface area contributed by atoms with Gasteiger partial charge in [0, 0.05) is 19.0 Å². The fourth-order valence-corrected chi connectivity index (χ4v) is 2.24. The van der Waals surface area contributed by atoms with Crippen LogP contribution in [0.3, 0.4) is 0 Å². The molecule has 8 nitrogen and oxygen atoms in total. The van der Waals surface area contributed by atoms with Crippen LogP contribution < -0.4 is 16.0 Å². The zero-order valence-corrected chi connectivity index (χ0v) is 20.6. The van der Waals surface area contributed by atoms with Crippen molar-refractivity contribution in [2.24, 2.45) is 5.92 Å². The molecule has 0 aromatic carbocycles. The van der Waals surface area contributed by atoms with Crippen molar-refractivity contribution in [2.75, 3.05) is 19.7 Å². The highest BCUT2D eigenvalue weighted by atomic mass is 16.6. The first-order valence-electron chi connectivity index (χ1n) is 11.1. The van der Waals surface area contributed by atoms with Crippen molar-refractivity contribution < 1.29 is 23.9 Å². The lowest BCUT2D eigenvalue weighted by atomic mass is 10.1. The first-order chi connectivity index (χ1) is 14.2. The van der Waals surface area contributed by atoms with Gasteiger partial charge < -0.3 is 25.4 Å². The third kappa shape index (κ3) is 16.3. The normalized spacial score (nSPS) is 14.1. The van der Waals surface area contributed by atoms with Crippen LogP contribution in [0.1, 0.15) is 74.7 Å². The fraction of sp³-hybridized carbons (Fsp3) is 0.783. The van der Waals surface area contributed by atoms with E-state index in [9.17, 15) is 14.4 Å². The molecule has 0 radical (unpaired) electrons. The van der Waals surface area contributed by atoms with Crippen molar-refractivity contribution >= 4 is 17.9 Å². The van der Waals surface area contributed by atoms with Crippen LogP contribution in [0.5, 0.6) is 0 Å². The molecule has 0 aliphatic heterocycles. The molecule has 180 valence electrons. The highest BCUT2D eigenvalue weighted by molar-refractivity contribution is 5.85. The summed E-state index contributed by atoms with van der Waals surface area (Å²) in [4.78, 5) is 36.3. The molecule has 8 heteroatoms. The third-order valence-corrected chi connectivity index (χ3v) is 4.14. The molecule has 3 N–H and O–H groups in total. The Kier molecular flexibility index (Phi) is 13.1. The minimum atomic E-state index is -0.853. The predicted molar refractivity (Wildman–Crippen MR) is 123 cm³/mol. The lowest BCUT2D eigenvalue weighted by Gasteiger charge is -2.26. The average Bonchev–Trinajstić information content (AvgIpc) is 2.63. The number of amides is 3. The zero-order chi connectivity index (χ0) is 24.1. The van der Waals surface area contributed by atoms with E-state index in [1.54, 1.807) is 20.8 Å². The second-order valence-electron chi connectivity index (χ2n) is 9.56. The Bertz CT molecular complexity index is 591. The number of hydrogen-bond acceptors (Lipinski definition) is 5. The third-order valence-electron chi connectivity index (χ3n) is 4.14. The van der Waals surface area contributed by atoms with Crippen molar-refractivity contribution in [3.63, 3.8) is 0 Å². The van der Waals surface area contributed by atoms with Gasteiger partial charge in [0.1, 0.15) is 11.6 Å². The van der Waals surface area contributed by atoms with Gasteiger partial charge in [-0.3, -0.25) is 9.59 Å². The Hall–Kier alpha value is -2.09. The number of alkyl carbamates (subject to hydrolysis) is 1. The first-order valence-corrected chi connectivity index (χ1v) is 11.1. The van der Waals surface area contributed by atoms with Crippen LogP contribution in [0.4, 0.5) is 4.79 Å². The van der Waals surface area contributed by atoms with E-state index in [-0.39, 0.29) is 24.3 Å².